The molecule has 3 heteroatoms. The second kappa shape index (κ2) is 4.74. The van der Waals surface area contributed by atoms with Gasteiger partial charge in [-0.2, -0.15) is 0 Å². The van der Waals surface area contributed by atoms with E-state index in [1.807, 2.05) is 43.4 Å². The minimum Gasteiger partial charge on any atom is -0.397 e. The number of nitrogens with zero attached hydrogens (tertiary/aromatic N) is 1. The summed E-state index contributed by atoms with van der Waals surface area (Å²) < 4.78 is 1.21. The maximum absolute atomic E-state index is 5.96. The standard InChI is InChI=1S/C13H13IN2/c1-16(12-8-4-2-6-10(12)14)13-9-5-3-7-11(13)15/h2-9H,15H2,1H3. The fraction of sp³-hybridized carbons (Fsp3) is 0.0769. The van der Waals surface area contributed by atoms with Gasteiger partial charge in [-0.05, 0) is 46.9 Å². The molecule has 2 aromatic rings. The molecule has 0 aliphatic rings. The second-order valence-corrected chi connectivity index (χ2v) is 4.73. The van der Waals surface area contributed by atoms with Crippen molar-refractivity contribution in [3.05, 3.63) is 52.1 Å². The van der Waals surface area contributed by atoms with E-state index in [0.29, 0.717) is 0 Å². The molecular formula is C13H13IN2. The Morgan fingerprint density at radius 1 is 0.938 bits per heavy atom. The number of anilines is 3. The van der Waals surface area contributed by atoms with Crippen molar-refractivity contribution in [1.29, 1.82) is 0 Å². The van der Waals surface area contributed by atoms with Gasteiger partial charge in [0.05, 0.1) is 17.1 Å². The topological polar surface area (TPSA) is 29.3 Å². The van der Waals surface area contributed by atoms with Crippen molar-refractivity contribution in [1.82, 2.24) is 0 Å². The summed E-state index contributed by atoms with van der Waals surface area (Å²) in [5.74, 6) is 0. The zero-order valence-electron chi connectivity index (χ0n) is 9.02. The van der Waals surface area contributed by atoms with Crippen LogP contribution in [0.3, 0.4) is 0 Å². The molecule has 0 fully saturated rings. The van der Waals surface area contributed by atoms with Crippen molar-refractivity contribution in [3.63, 3.8) is 0 Å². The van der Waals surface area contributed by atoms with Crippen LogP contribution in [0.25, 0.3) is 0 Å². The number of rotatable bonds is 2. The van der Waals surface area contributed by atoms with E-state index in [1.54, 1.807) is 0 Å². The third kappa shape index (κ3) is 2.14. The van der Waals surface area contributed by atoms with Gasteiger partial charge in [0, 0.05) is 10.6 Å². The van der Waals surface area contributed by atoms with Gasteiger partial charge < -0.3 is 10.6 Å². The molecule has 0 aromatic heterocycles. The highest BCUT2D eigenvalue weighted by Gasteiger charge is 2.08. The Hall–Kier alpha value is -1.23. The van der Waals surface area contributed by atoms with Crippen molar-refractivity contribution in [2.45, 2.75) is 0 Å². The highest BCUT2D eigenvalue weighted by Crippen LogP contribution is 2.31. The summed E-state index contributed by atoms with van der Waals surface area (Å²) in [4.78, 5) is 2.11. The molecule has 0 aliphatic carbocycles. The predicted octanol–water partition coefficient (Wildman–Crippen LogP) is 3.64. The van der Waals surface area contributed by atoms with E-state index < -0.39 is 0 Å². The molecule has 16 heavy (non-hydrogen) atoms. The molecule has 0 heterocycles. The zero-order chi connectivity index (χ0) is 11.5. The van der Waals surface area contributed by atoms with Gasteiger partial charge in [-0.1, -0.05) is 24.3 Å². The summed E-state index contributed by atoms with van der Waals surface area (Å²) >= 11 is 2.33. The molecule has 0 radical (unpaired) electrons. The van der Waals surface area contributed by atoms with Crippen LogP contribution in [-0.4, -0.2) is 7.05 Å². The summed E-state index contributed by atoms with van der Waals surface area (Å²) in [5, 5.41) is 0. The van der Waals surface area contributed by atoms with Gasteiger partial charge in [-0.3, -0.25) is 0 Å². The molecule has 0 atom stereocenters. The number of para-hydroxylation sites is 3. The average molecular weight is 324 g/mol. The maximum atomic E-state index is 5.96. The highest BCUT2D eigenvalue weighted by molar-refractivity contribution is 14.1. The van der Waals surface area contributed by atoms with Gasteiger partial charge in [0.25, 0.3) is 0 Å². The highest BCUT2D eigenvalue weighted by atomic mass is 127. The first-order valence-corrected chi connectivity index (χ1v) is 6.11. The fourth-order valence-corrected chi connectivity index (χ4v) is 2.40. The molecule has 82 valence electrons. The summed E-state index contributed by atoms with van der Waals surface area (Å²) in [6, 6.07) is 16.1. The monoisotopic (exact) mass is 324 g/mol. The minimum absolute atomic E-state index is 0.796. The Kier molecular flexibility index (Phi) is 3.33. The molecule has 0 aliphatic heterocycles. The third-order valence-electron chi connectivity index (χ3n) is 2.51. The van der Waals surface area contributed by atoms with Crippen LogP contribution < -0.4 is 10.6 Å². The van der Waals surface area contributed by atoms with Crippen LogP contribution >= 0.6 is 22.6 Å². The first-order chi connectivity index (χ1) is 7.70. The molecular weight excluding hydrogens is 311 g/mol. The molecule has 2 rings (SSSR count). The van der Waals surface area contributed by atoms with Crippen LogP contribution in [0.15, 0.2) is 48.5 Å². The lowest BCUT2D eigenvalue weighted by molar-refractivity contribution is 1.20. The van der Waals surface area contributed by atoms with Crippen molar-refractivity contribution >= 4 is 39.7 Å². The van der Waals surface area contributed by atoms with Crippen LogP contribution in [0.2, 0.25) is 0 Å². The molecule has 0 saturated carbocycles. The van der Waals surface area contributed by atoms with Gasteiger partial charge in [-0.25, -0.2) is 0 Å². The lowest BCUT2D eigenvalue weighted by Crippen LogP contribution is -2.12. The molecule has 0 unspecified atom stereocenters. The Labute approximate surface area is 109 Å². The lowest BCUT2D eigenvalue weighted by Gasteiger charge is -2.22. The van der Waals surface area contributed by atoms with E-state index >= 15 is 0 Å². The number of hydrogen-bond donors (Lipinski definition) is 1. The molecule has 0 spiro atoms. The molecule has 2 N–H and O–H groups in total. The third-order valence-corrected chi connectivity index (χ3v) is 3.42. The number of hydrogen-bond acceptors (Lipinski definition) is 2. The van der Waals surface area contributed by atoms with Crippen molar-refractivity contribution in [2.24, 2.45) is 0 Å². The van der Waals surface area contributed by atoms with E-state index in [4.69, 9.17) is 5.73 Å². The molecule has 0 saturated heterocycles. The molecule has 2 aromatic carbocycles. The van der Waals surface area contributed by atoms with Gasteiger partial charge in [0.15, 0.2) is 0 Å². The number of nitrogens with two attached hydrogens (primary N) is 1. The SMILES string of the molecule is CN(c1ccccc1N)c1ccccc1I. The lowest BCUT2D eigenvalue weighted by atomic mass is 10.2. The van der Waals surface area contributed by atoms with Crippen LogP contribution in [0.1, 0.15) is 0 Å². The van der Waals surface area contributed by atoms with Gasteiger partial charge in [0.1, 0.15) is 0 Å². The van der Waals surface area contributed by atoms with Crippen molar-refractivity contribution < 1.29 is 0 Å². The van der Waals surface area contributed by atoms with E-state index in [2.05, 4.69) is 39.6 Å². The van der Waals surface area contributed by atoms with Crippen molar-refractivity contribution in [2.75, 3.05) is 17.7 Å². The van der Waals surface area contributed by atoms with Crippen LogP contribution in [0.5, 0.6) is 0 Å². The predicted molar refractivity (Wildman–Crippen MR) is 78.1 cm³/mol. The fourth-order valence-electron chi connectivity index (χ4n) is 1.65. The van der Waals surface area contributed by atoms with Gasteiger partial charge in [0.2, 0.25) is 0 Å². The van der Waals surface area contributed by atoms with Crippen molar-refractivity contribution in [3.8, 4) is 0 Å². The maximum Gasteiger partial charge on any atom is 0.0642 e. The first-order valence-electron chi connectivity index (χ1n) is 5.03. The second-order valence-electron chi connectivity index (χ2n) is 3.57. The van der Waals surface area contributed by atoms with Crippen LogP contribution in [0, 0.1) is 3.57 Å². The van der Waals surface area contributed by atoms with E-state index in [-0.39, 0.29) is 0 Å². The molecule has 0 amide bonds. The molecule has 2 nitrogen and oxygen atoms in total. The van der Waals surface area contributed by atoms with Gasteiger partial charge >= 0.3 is 0 Å². The number of halogens is 1. The summed E-state index contributed by atoms with van der Waals surface area (Å²) in [6.07, 6.45) is 0. The quantitative estimate of drug-likeness (QED) is 0.675. The van der Waals surface area contributed by atoms with E-state index in [1.165, 1.54) is 9.26 Å². The zero-order valence-corrected chi connectivity index (χ0v) is 11.2. The van der Waals surface area contributed by atoms with Crippen LogP contribution in [-0.2, 0) is 0 Å². The smallest absolute Gasteiger partial charge is 0.0642 e. The Balaban J connectivity index is 2.44. The normalized spacial score (nSPS) is 10.1. The average Bonchev–Trinajstić information content (AvgIpc) is 2.29. The Bertz CT molecular complexity index is 451. The minimum atomic E-state index is 0.796. The summed E-state index contributed by atoms with van der Waals surface area (Å²) in [5.41, 5.74) is 8.96. The summed E-state index contributed by atoms with van der Waals surface area (Å²) in [7, 11) is 2.03. The van der Waals surface area contributed by atoms with E-state index in [9.17, 15) is 0 Å². The van der Waals surface area contributed by atoms with Crippen LogP contribution in [0.4, 0.5) is 17.1 Å². The Morgan fingerprint density at radius 2 is 1.50 bits per heavy atom. The largest absolute Gasteiger partial charge is 0.397 e. The Morgan fingerprint density at radius 3 is 2.12 bits per heavy atom. The van der Waals surface area contributed by atoms with E-state index in [0.717, 1.165) is 11.4 Å². The first kappa shape index (κ1) is 11.3. The summed E-state index contributed by atoms with van der Waals surface area (Å²) in [6.45, 7) is 0. The number of benzene rings is 2. The van der Waals surface area contributed by atoms with Gasteiger partial charge in [-0.15, -0.1) is 0 Å². The molecule has 0 bridgehead atoms. The number of nitrogen functional groups attached to an aromatic ring is 1.